The molecule has 1 aliphatic rings. The minimum atomic E-state index is -4.32. The number of carboxylic acids is 1. The van der Waals surface area contributed by atoms with Crippen molar-refractivity contribution >= 4 is 5.97 Å². The number of likely N-dealkylation sites (tertiary alicyclic amines) is 1. The Labute approximate surface area is 150 Å². The van der Waals surface area contributed by atoms with Gasteiger partial charge in [0, 0.05) is 12.6 Å². The Hall–Kier alpha value is -2.34. The van der Waals surface area contributed by atoms with Crippen LogP contribution in [-0.4, -0.2) is 29.1 Å². The maximum Gasteiger partial charge on any atom is 0.416 e. The summed E-state index contributed by atoms with van der Waals surface area (Å²) in [5.74, 6) is -0.806. The largest absolute Gasteiger partial charge is 0.478 e. The fraction of sp³-hybridized carbons (Fsp3) is 0.350. The topological polar surface area (TPSA) is 40.5 Å². The molecule has 3 rings (SSSR count). The van der Waals surface area contributed by atoms with Gasteiger partial charge in [0.05, 0.1) is 11.1 Å². The average molecular weight is 363 g/mol. The van der Waals surface area contributed by atoms with Crippen LogP contribution in [0.1, 0.15) is 52.4 Å². The van der Waals surface area contributed by atoms with Crippen molar-refractivity contribution < 1.29 is 23.1 Å². The van der Waals surface area contributed by atoms with E-state index in [2.05, 4.69) is 4.90 Å². The molecule has 1 N–H and O–H groups in total. The van der Waals surface area contributed by atoms with Gasteiger partial charge in [-0.1, -0.05) is 31.2 Å². The fourth-order valence-corrected chi connectivity index (χ4v) is 3.63. The number of alkyl halides is 3. The zero-order valence-corrected chi connectivity index (χ0v) is 14.3. The second-order valence-corrected chi connectivity index (χ2v) is 6.58. The molecule has 3 nitrogen and oxygen atoms in total. The highest BCUT2D eigenvalue weighted by molar-refractivity contribution is 5.87. The normalized spacial score (nSPS) is 21.1. The Kier molecular flexibility index (Phi) is 5.05. The van der Waals surface area contributed by atoms with Gasteiger partial charge in [-0.2, -0.15) is 13.2 Å². The molecule has 0 aromatic heterocycles. The van der Waals surface area contributed by atoms with Crippen LogP contribution in [-0.2, 0) is 6.18 Å². The number of carbonyl (C=O) groups is 1. The summed E-state index contributed by atoms with van der Waals surface area (Å²) in [6, 6.07) is 12.4. The number of hydrogen-bond acceptors (Lipinski definition) is 2. The summed E-state index contributed by atoms with van der Waals surface area (Å²) < 4.78 is 38.2. The SMILES string of the molecule is CCN1CC(c2ccc(C(F)(F)F)cc2)CC1c1ccc(C(=O)O)cc1. The number of nitrogens with zero attached hydrogens (tertiary/aromatic N) is 1. The number of likely N-dealkylation sites (N-methyl/N-ethyl adjacent to an activating group) is 1. The van der Waals surface area contributed by atoms with Crippen LogP contribution >= 0.6 is 0 Å². The summed E-state index contributed by atoms with van der Waals surface area (Å²) in [6.07, 6.45) is -3.52. The van der Waals surface area contributed by atoms with Crippen LogP contribution in [0.15, 0.2) is 48.5 Å². The number of aromatic carboxylic acids is 1. The quantitative estimate of drug-likeness (QED) is 0.835. The highest BCUT2D eigenvalue weighted by atomic mass is 19.4. The zero-order valence-electron chi connectivity index (χ0n) is 14.3. The van der Waals surface area contributed by atoms with Crippen LogP contribution in [0.25, 0.3) is 0 Å². The predicted octanol–water partition coefficient (Wildman–Crippen LogP) is 4.95. The molecule has 1 saturated heterocycles. The number of halogens is 3. The standard InChI is InChI=1S/C20H20F3NO2/c1-2-24-12-16(13-7-9-17(10-8-13)20(21,22)23)11-18(24)14-3-5-15(6-4-14)19(25)26/h3-10,16,18H,2,11-12H2,1H3,(H,25,26). The number of benzene rings is 2. The van der Waals surface area contributed by atoms with Crippen molar-refractivity contribution in [1.29, 1.82) is 0 Å². The van der Waals surface area contributed by atoms with Crippen LogP contribution < -0.4 is 0 Å². The number of rotatable bonds is 4. The van der Waals surface area contributed by atoms with Gasteiger partial charge >= 0.3 is 12.1 Å². The van der Waals surface area contributed by atoms with Gasteiger partial charge in [-0.15, -0.1) is 0 Å². The van der Waals surface area contributed by atoms with Crippen LogP contribution in [0.3, 0.4) is 0 Å². The predicted molar refractivity (Wildman–Crippen MR) is 92.2 cm³/mol. The smallest absolute Gasteiger partial charge is 0.416 e. The third kappa shape index (κ3) is 3.75. The highest BCUT2D eigenvalue weighted by Crippen LogP contribution is 2.41. The molecule has 0 saturated carbocycles. The molecule has 138 valence electrons. The molecular formula is C20H20F3NO2. The molecule has 26 heavy (non-hydrogen) atoms. The molecule has 0 aliphatic carbocycles. The number of hydrogen-bond donors (Lipinski definition) is 1. The Morgan fingerprint density at radius 2 is 1.65 bits per heavy atom. The van der Waals surface area contributed by atoms with E-state index in [9.17, 15) is 18.0 Å². The number of carboxylic acid groups (broad SMARTS) is 1. The van der Waals surface area contributed by atoms with Crippen LogP contribution in [0, 0.1) is 0 Å². The lowest BCUT2D eigenvalue weighted by atomic mass is 9.93. The van der Waals surface area contributed by atoms with Gasteiger partial charge in [-0.05, 0) is 54.3 Å². The molecule has 0 radical (unpaired) electrons. The first kappa shape index (κ1) is 18.5. The van der Waals surface area contributed by atoms with E-state index in [0.717, 1.165) is 42.8 Å². The van der Waals surface area contributed by atoms with E-state index < -0.39 is 17.7 Å². The van der Waals surface area contributed by atoms with E-state index in [1.165, 1.54) is 0 Å². The molecule has 1 aliphatic heterocycles. The first-order valence-corrected chi connectivity index (χ1v) is 8.54. The highest BCUT2D eigenvalue weighted by Gasteiger charge is 2.34. The minimum Gasteiger partial charge on any atom is -0.478 e. The van der Waals surface area contributed by atoms with Gasteiger partial charge in [0.2, 0.25) is 0 Å². The summed E-state index contributed by atoms with van der Waals surface area (Å²) in [7, 11) is 0. The molecule has 0 bridgehead atoms. The van der Waals surface area contributed by atoms with Crippen LogP contribution in [0.5, 0.6) is 0 Å². The van der Waals surface area contributed by atoms with Gasteiger partial charge in [0.15, 0.2) is 0 Å². The molecule has 2 atom stereocenters. The molecule has 1 fully saturated rings. The van der Waals surface area contributed by atoms with Crippen molar-refractivity contribution in [3.63, 3.8) is 0 Å². The van der Waals surface area contributed by atoms with Gasteiger partial charge in [-0.25, -0.2) is 4.79 Å². The molecule has 2 aromatic rings. The lowest BCUT2D eigenvalue weighted by Gasteiger charge is -2.22. The molecule has 0 spiro atoms. The third-order valence-electron chi connectivity index (χ3n) is 5.06. The Morgan fingerprint density at radius 1 is 1.08 bits per heavy atom. The first-order chi connectivity index (χ1) is 12.3. The lowest BCUT2D eigenvalue weighted by Crippen LogP contribution is -2.23. The summed E-state index contributed by atoms with van der Waals surface area (Å²) in [4.78, 5) is 13.3. The molecule has 2 aromatic carbocycles. The molecule has 0 amide bonds. The third-order valence-corrected chi connectivity index (χ3v) is 5.06. The maximum atomic E-state index is 12.7. The molecule has 6 heteroatoms. The molecular weight excluding hydrogens is 343 g/mol. The van der Waals surface area contributed by atoms with Crippen molar-refractivity contribution in [2.24, 2.45) is 0 Å². The van der Waals surface area contributed by atoms with E-state index in [0.29, 0.717) is 0 Å². The van der Waals surface area contributed by atoms with Crippen molar-refractivity contribution in [3.8, 4) is 0 Å². The van der Waals surface area contributed by atoms with Crippen molar-refractivity contribution in [2.45, 2.75) is 31.5 Å². The molecule has 2 unspecified atom stereocenters. The molecule has 1 heterocycles. The van der Waals surface area contributed by atoms with Gasteiger partial charge in [0.1, 0.15) is 0 Å². The summed E-state index contributed by atoms with van der Waals surface area (Å²) in [6.45, 7) is 3.64. The van der Waals surface area contributed by atoms with Gasteiger partial charge in [0.25, 0.3) is 0 Å². The van der Waals surface area contributed by atoms with E-state index >= 15 is 0 Å². The first-order valence-electron chi connectivity index (χ1n) is 8.54. The Balaban J connectivity index is 1.79. The maximum absolute atomic E-state index is 12.7. The van der Waals surface area contributed by atoms with E-state index in [1.807, 2.05) is 19.1 Å². The van der Waals surface area contributed by atoms with E-state index in [4.69, 9.17) is 5.11 Å². The van der Waals surface area contributed by atoms with Gasteiger partial charge in [-0.3, -0.25) is 4.90 Å². The van der Waals surface area contributed by atoms with E-state index in [1.54, 1.807) is 24.3 Å². The summed E-state index contributed by atoms with van der Waals surface area (Å²) in [5, 5.41) is 9.02. The lowest BCUT2D eigenvalue weighted by molar-refractivity contribution is -0.137. The van der Waals surface area contributed by atoms with Crippen molar-refractivity contribution in [1.82, 2.24) is 4.90 Å². The average Bonchev–Trinajstić information content (AvgIpc) is 3.05. The second kappa shape index (κ2) is 7.11. The Morgan fingerprint density at radius 3 is 2.15 bits per heavy atom. The summed E-state index contributed by atoms with van der Waals surface area (Å²) in [5.41, 5.74) is 1.55. The second-order valence-electron chi connectivity index (χ2n) is 6.58. The Bertz CT molecular complexity index is 769. The van der Waals surface area contributed by atoms with Crippen LogP contribution in [0.4, 0.5) is 13.2 Å². The van der Waals surface area contributed by atoms with Crippen molar-refractivity contribution in [3.05, 3.63) is 70.8 Å². The van der Waals surface area contributed by atoms with E-state index in [-0.39, 0.29) is 17.5 Å². The summed E-state index contributed by atoms with van der Waals surface area (Å²) >= 11 is 0. The minimum absolute atomic E-state index is 0.134. The van der Waals surface area contributed by atoms with Crippen LogP contribution in [0.2, 0.25) is 0 Å². The zero-order chi connectivity index (χ0) is 18.9. The fourth-order valence-electron chi connectivity index (χ4n) is 3.63. The monoisotopic (exact) mass is 363 g/mol. The van der Waals surface area contributed by atoms with Gasteiger partial charge < -0.3 is 5.11 Å². The van der Waals surface area contributed by atoms with Crippen molar-refractivity contribution in [2.75, 3.05) is 13.1 Å².